The lowest BCUT2D eigenvalue weighted by Crippen LogP contribution is -2.20. The molecule has 0 aliphatic carbocycles. The number of nitrogens with one attached hydrogen (secondary N) is 2. The van der Waals surface area contributed by atoms with Gasteiger partial charge in [0.1, 0.15) is 11.7 Å². The number of hydrogen-bond donors (Lipinski definition) is 2. The van der Waals surface area contributed by atoms with Crippen molar-refractivity contribution < 1.29 is 14.0 Å². The molecule has 1 aromatic carbocycles. The van der Waals surface area contributed by atoms with Crippen LogP contribution in [-0.4, -0.2) is 24.7 Å². The number of hydrogen-bond acceptors (Lipinski definition) is 2. The quantitative estimate of drug-likeness (QED) is 0.789. The molecule has 0 bridgehead atoms. The molecule has 0 radical (unpaired) electrons. The molecule has 0 heterocycles. The van der Waals surface area contributed by atoms with E-state index >= 15 is 0 Å². The van der Waals surface area contributed by atoms with Gasteiger partial charge in [0, 0.05) is 12.7 Å². The molecule has 0 unspecified atom stereocenters. The van der Waals surface area contributed by atoms with Crippen molar-refractivity contribution in [2.75, 3.05) is 18.2 Å². The van der Waals surface area contributed by atoms with E-state index in [1.807, 2.05) is 0 Å². The molecule has 1 aromatic rings. The molecule has 0 saturated carbocycles. The molecule has 0 saturated heterocycles. The summed E-state index contributed by atoms with van der Waals surface area (Å²) in [5.74, 6) is -1.83. The Balaban J connectivity index is 2.98. The fraction of sp³-hybridized carbons (Fsp3) is 0.200. The minimum Gasteiger partial charge on any atom is -0.355 e. The van der Waals surface area contributed by atoms with Crippen LogP contribution in [0.15, 0.2) is 18.2 Å². The topological polar surface area (TPSA) is 58.2 Å². The average molecular weight is 245 g/mol. The van der Waals surface area contributed by atoms with Crippen LogP contribution in [0.2, 0.25) is 0 Å². The molecule has 0 aliphatic heterocycles. The molecule has 1 rings (SSSR count). The first-order chi connectivity index (χ1) is 7.58. The molecule has 6 heteroatoms. The number of carbonyl (C=O) groups excluding carboxylic acids is 2. The maximum atomic E-state index is 13.2. The molecule has 86 valence electrons. The summed E-state index contributed by atoms with van der Waals surface area (Å²) in [5, 5.41) is 4.72. The first-order valence-corrected chi connectivity index (χ1v) is 4.99. The molecule has 2 N–H and O–H groups in total. The van der Waals surface area contributed by atoms with E-state index in [9.17, 15) is 14.0 Å². The number of carbonyl (C=O) groups is 2. The summed E-state index contributed by atoms with van der Waals surface area (Å²) >= 11 is 5.30. The van der Waals surface area contributed by atoms with Crippen molar-refractivity contribution in [1.29, 1.82) is 0 Å². The predicted octanol–water partition coefficient (Wildman–Crippen LogP) is 1.36. The molecule has 4 nitrogen and oxygen atoms in total. The summed E-state index contributed by atoms with van der Waals surface area (Å²) < 4.78 is 13.2. The first-order valence-electron chi connectivity index (χ1n) is 4.46. The zero-order valence-electron chi connectivity index (χ0n) is 8.51. The van der Waals surface area contributed by atoms with Gasteiger partial charge in [-0.2, -0.15) is 0 Å². The zero-order chi connectivity index (χ0) is 12.1. The minimum absolute atomic E-state index is 0.130. The average Bonchev–Trinajstić information content (AvgIpc) is 2.30. The monoisotopic (exact) mass is 244 g/mol. The van der Waals surface area contributed by atoms with E-state index in [1.54, 1.807) is 0 Å². The third-order valence-electron chi connectivity index (χ3n) is 1.84. The van der Waals surface area contributed by atoms with Crippen LogP contribution >= 0.6 is 11.6 Å². The number of rotatable bonds is 3. The van der Waals surface area contributed by atoms with Gasteiger partial charge in [0.05, 0.1) is 5.56 Å². The number of benzene rings is 1. The smallest absolute Gasteiger partial charge is 0.254 e. The summed E-state index contributed by atoms with van der Waals surface area (Å²) in [4.78, 5) is 22.2. The Hall–Kier alpha value is -1.62. The van der Waals surface area contributed by atoms with Crippen molar-refractivity contribution >= 4 is 29.1 Å². The predicted molar refractivity (Wildman–Crippen MR) is 59.1 cm³/mol. The van der Waals surface area contributed by atoms with Crippen molar-refractivity contribution in [2.45, 2.75) is 0 Å². The maximum Gasteiger partial charge on any atom is 0.254 e. The number of halogens is 2. The number of amides is 2. The lowest BCUT2D eigenvalue weighted by atomic mass is 10.1. The summed E-state index contributed by atoms with van der Waals surface area (Å²) in [6, 6.07) is 3.71. The van der Waals surface area contributed by atoms with Gasteiger partial charge in [-0.05, 0) is 18.2 Å². The maximum absolute atomic E-state index is 13.2. The van der Waals surface area contributed by atoms with Crippen molar-refractivity contribution in [2.24, 2.45) is 0 Å². The second kappa shape index (κ2) is 5.46. The Morgan fingerprint density at radius 2 is 2.12 bits per heavy atom. The normalized spacial score (nSPS) is 9.69. The van der Waals surface area contributed by atoms with E-state index in [-0.39, 0.29) is 11.4 Å². The van der Waals surface area contributed by atoms with Crippen LogP contribution in [-0.2, 0) is 4.79 Å². The zero-order valence-corrected chi connectivity index (χ0v) is 9.27. The molecule has 0 aromatic heterocycles. The summed E-state index contributed by atoms with van der Waals surface area (Å²) in [6.45, 7) is 0. The molecule has 2 amide bonds. The van der Waals surface area contributed by atoms with Gasteiger partial charge in [0.25, 0.3) is 5.91 Å². The van der Waals surface area contributed by atoms with E-state index < -0.39 is 17.6 Å². The largest absolute Gasteiger partial charge is 0.355 e. The summed E-state index contributed by atoms with van der Waals surface area (Å²) in [5.41, 5.74) is 0.195. The molecule has 0 atom stereocenters. The van der Waals surface area contributed by atoms with Gasteiger partial charge in [0.15, 0.2) is 0 Å². The number of anilines is 1. The van der Waals surface area contributed by atoms with Gasteiger partial charge < -0.3 is 10.6 Å². The second-order valence-electron chi connectivity index (χ2n) is 2.96. The van der Waals surface area contributed by atoms with Crippen LogP contribution in [0.4, 0.5) is 10.1 Å². The lowest BCUT2D eigenvalue weighted by molar-refractivity contribution is -0.113. The Labute approximate surface area is 96.8 Å². The molecular weight excluding hydrogens is 235 g/mol. The van der Waals surface area contributed by atoms with E-state index in [4.69, 9.17) is 11.6 Å². The van der Waals surface area contributed by atoms with Gasteiger partial charge in [-0.15, -0.1) is 11.6 Å². The Bertz CT molecular complexity index is 423. The second-order valence-corrected chi connectivity index (χ2v) is 3.22. The van der Waals surface area contributed by atoms with Gasteiger partial charge in [-0.25, -0.2) is 4.39 Å². The summed E-state index contributed by atoms with van der Waals surface area (Å²) in [7, 11) is 1.39. The third kappa shape index (κ3) is 2.93. The van der Waals surface area contributed by atoms with E-state index in [0.717, 1.165) is 6.07 Å². The highest BCUT2D eigenvalue weighted by molar-refractivity contribution is 6.29. The van der Waals surface area contributed by atoms with Crippen molar-refractivity contribution in [3.8, 4) is 0 Å². The highest BCUT2D eigenvalue weighted by Crippen LogP contribution is 2.14. The van der Waals surface area contributed by atoms with Gasteiger partial charge in [-0.1, -0.05) is 0 Å². The van der Waals surface area contributed by atoms with E-state index in [0.29, 0.717) is 5.69 Å². The van der Waals surface area contributed by atoms with E-state index in [2.05, 4.69) is 10.6 Å². The van der Waals surface area contributed by atoms with Crippen LogP contribution in [0.25, 0.3) is 0 Å². The highest BCUT2D eigenvalue weighted by Gasteiger charge is 2.11. The van der Waals surface area contributed by atoms with Gasteiger partial charge in [0.2, 0.25) is 5.91 Å². The standard InChI is InChI=1S/C10H10ClFN2O2/c1-13-10(16)7-4-6(2-3-8(7)12)14-9(15)5-11/h2-4H,5H2,1H3,(H,13,16)(H,14,15). The van der Waals surface area contributed by atoms with Crippen LogP contribution in [0, 0.1) is 5.82 Å². The van der Waals surface area contributed by atoms with Gasteiger partial charge in [-0.3, -0.25) is 9.59 Å². The number of alkyl halides is 1. The summed E-state index contributed by atoms with van der Waals surface area (Å²) in [6.07, 6.45) is 0. The van der Waals surface area contributed by atoms with Crippen LogP contribution in [0.5, 0.6) is 0 Å². The van der Waals surface area contributed by atoms with Crippen molar-refractivity contribution in [3.05, 3.63) is 29.6 Å². The Morgan fingerprint density at radius 1 is 1.44 bits per heavy atom. The van der Waals surface area contributed by atoms with Crippen LogP contribution < -0.4 is 10.6 Å². The van der Waals surface area contributed by atoms with E-state index in [1.165, 1.54) is 19.2 Å². The molecule has 0 fully saturated rings. The van der Waals surface area contributed by atoms with Crippen LogP contribution in [0.3, 0.4) is 0 Å². The Kier molecular flexibility index (Phi) is 4.25. The van der Waals surface area contributed by atoms with Crippen molar-refractivity contribution in [1.82, 2.24) is 5.32 Å². The molecular formula is C10H10ClFN2O2. The van der Waals surface area contributed by atoms with Crippen LogP contribution in [0.1, 0.15) is 10.4 Å². The molecule has 0 aliphatic rings. The minimum atomic E-state index is -0.650. The fourth-order valence-corrected chi connectivity index (χ4v) is 1.17. The molecule has 0 spiro atoms. The SMILES string of the molecule is CNC(=O)c1cc(NC(=O)CCl)ccc1F. The Morgan fingerprint density at radius 3 is 2.69 bits per heavy atom. The molecule has 16 heavy (non-hydrogen) atoms. The fourth-order valence-electron chi connectivity index (χ4n) is 1.11. The van der Waals surface area contributed by atoms with Crippen molar-refractivity contribution in [3.63, 3.8) is 0 Å². The third-order valence-corrected chi connectivity index (χ3v) is 2.09. The highest BCUT2D eigenvalue weighted by atomic mass is 35.5. The van der Waals surface area contributed by atoms with Gasteiger partial charge >= 0.3 is 0 Å². The first kappa shape index (κ1) is 12.4. The lowest BCUT2D eigenvalue weighted by Gasteiger charge is -2.06.